The van der Waals surface area contributed by atoms with Crippen LogP contribution in [-0.2, 0) is 35.3 Å². The van der Waals surface area contributed by atoms with Crippen molar-refractivity contribution in [2.45, 2.75) is 58.6 Å². The van der Waals surface area contributed by atoms with Gasteiger partial charge in [0.05, 0.1) is 24.2 Å². The number of amides is 2. The first-order chi connectivity index (χ1) is 18.0. The van der Waals surface area contributed by atoms with E-state index in [1.54, 1.807) is 6.33 Å². The molecule has 2 N–H and O–H groups in total. The van der Waals surface area contributed by atoms with Crippen molar-refractivity contribution >= 4 is 28.3 Å². The Balaban J connectivity index is 1.30. The number of aromatic nitrogens is 2. The Labute approximate surface area is 220 Å². The Bertz CT molecular complexity index is 1290. The summed E-state index contributed by atoms with van der Waals surface area (Å²) in [4.78, 5) is 30.1. The van der Waals surface area contributed by atoms with Crippen molar-refractivity contribution in [3.05, 3.63) is 64.1 Å². The highest BCUT2D eigenvalue weighted by Gasteiger charge is 2.28. The molecule has 37 heavy (non-hydrogen) atoms. The van der Waals surface area contributed by atoms with Gasteiger partial charge in [-0.1, -0.05) is 18.2 Å². The quantitative estimate of drug-likeness (QED) is 0.409. The Morgan fingerprint density at radius 2 is 2.16 bits per heavy atom. The average Bonchev–Trinajstić information content (AvgIpc) is 3.45. The first-order valence-electron chi connectivity index (χ1n) is 12.4. The average molecular weight is 522 g/mol. The van der Waals surface area contributed by atoms with Crippen LogP contribution in [0.15, 0.2) is 36.8 Å². The van der Waals surface area contributed by atoms with Gasteiger partial charge in [0.1, 0.15) is 22.9 Å². The molecule has 3 aromatic rings. The van der Waals surface area contributed by atoms with Crippen LogP contribution < -0.4 is 15.4 Å². The summed E-state index contributed by atoms with van der Waals surface area (Å²) >= 11 is 1.39. The lowest BCUT2D eigenvalue weighted by Gasteiger charge is -2.22. The Hall–Kier alpha value is -3.84. The number of thiophene rings is 1. The van der Waals surface area contributed by atoms with Crippen LogP contribution in [0, 0.1) is 18.3 Å². The lowest BCUT2D eigenvalue weighted by Crippen LogP contribution is -2.33. The molecule has 1 atom stereocenters. The van der Waals surface area contributed by atoms with Crippen molar-refractivity contribution in [2.75, 3.05) is 18.5 Å². The molecule has 0 saturated carbocycles. The number of fused-ring (bicyclic) bond motifs is 1. The van der Waals surface area contributed by atoms with Gasteiger partial charge < -0.3 is 24.7 Å². The van der Waals surface area contributed by atoms with Crippen LogP contribution in [0.3, 0.4) is 0 Å². The molecular formula is C27H31N5O4S. The van der Waals surface area contributed by atoms with Gasteiger partial charge in [-0.05, 0) is 50.3 Å². The van der Waals surface area contributed by atoms with E-state index in [4.69, 9.17) is 9.47 Å². The SMILES string of the molecule is CCOc1ccccc1CCC(=O)Nc1sc2c(c1C#N)CCC(OC(=O)NCCn1cnc(C)c1)C2. The van der Waals surface area contributed by atoms with Crippen LogP contribution in [0.5, 0.6) is 5.75 Å². The van der Waals surface area contributed by atoms with Crippen molar-refractivity contribution < 1.29 is 19.1 Å². The maximum Gasteiger partial charge on any atom is 0.407 e. The minimum absolute atomic E-state index is 0.151. The van der Waals surface area contributed by atoms with E-state index in [1.165, 1.54) is 11.3 Å². The van der Waals surface area contributed by atoms with Crippen LogP contribution in [0.2, 0.25) is 0 Å². The summed E-state index contributed by atoms with van der Waals surface area (Å²) in [6.45, 7) is 5.46. The highest BCUT2D eigenvalue weighted by Crippen LogP contribution is 2.38. The van der Waals surface area contributed by atoms with E-state index in [-0.39, 0.29) is 18.4 Å². The van der Waals surface area contributed by atoms with Crippen LogP contribution in [0.25, 0.3) is 0 Å². The summed E-state index contributed by atoms with van der Waals surface area (Å²) in [7, 11) is 0. The molecule has 0 saturated heterocycles. The molecule has 194 valence electrons. The minimum Gasteiger partial charge on any atom is -0.494 e. The van der Waals surface area contributed by atoms with E-state index < -0.39 is 6.09 Å². The lowest BCUT2D eigenvalue weighted by molar-refractivity contribution is -0.116. The van der Waals surface area contributed by atoms with E-state index in [9.17, 15) is 14.9 Å². The molecule has 0 spiro atoms. The monoisotopic (exact) mass is 521 g/mol. The number of imidazole rings is 1. The molecule has 1 unspecified atom stereocenters. The highest BCUT2D eigenvalue weighted by molar-refractivity contribution is 7.16. The lowest BCUT2D eigenvalue weighted by atomic mass is 9.94. The number of alkyl carbamates (subject to hydrolysis) is 1. The Kier molecular flexibility index (Phi) is 8.80. The number of benzene rings is 1. The van der Waals surface area contributed by atoms with E-state index in [1.807, 2.05) is 48.9 Å². The number of ether oxygens (including phenoxy) is 2. The molecule has 0 aliphatic heterocycles. The fourth-order valence-corrected chi connectivity index (χ4v) is 5.66. The van der Waals surface area contributed by atoms with Gasteiger partial charge in [0, 0.05) is 37.0 Å². The molecule has 2 aromatic heterocycles. The summed E-state index contributed by atoms with van der Waals surface area (Å²) in [6, 6.07) is 9.95. The second-order valence-corrected chi connectivity index (χ2v) is 9.96. The van der Waals surface area contributed by atoms with E-state index in [0.717, 1.165) is 27.4 Å². The second kappa shape index (κ2) is 12.4. The van der Waals surface area contributed by atoms with Gasteiger partial charge >= 0.3 is 6.09 Å². The number of carbonyl (C=O) groups is 2. The highest BCUT2D eigenvalue weighted by atomic mass is 32.1. The number of carbonyl (C=O) groups excluding carboxylic acids is 2. The van der Waals surface area contributed by atoms with Crippen molar-refractivity contribution in [1.82, 2.24) is 14.9 Å². The van der Waals surface area contributed by atoms with Crippen LogP contribution in [0.4, 0.5) is 9.80 Å². The molecule has 0 fully saturated rings. The van der Waals surface area contributed by atoms with Crippen molar-refractivity contribution in [2.24, 2.45) is 0 Å². The van der Waals surface area contributed by atoms with E-state index in [2.05, 4.69) is 21.7 Å². The summed E-state index contributed by atoms with van der Waals surface area (Å²) in [5, 5.41) is 16.0. The maximum absolute atomic E-state index is 12.7. The van der Waals surface area contributed by atoms with Crippen molar-refractivity contribution in [1.29, 1.82) is 5.26 Å². The maximum atomic E-state index is 12.7. The van der Waals surface area contributed by atoms with Gasteiger partial charge in [0.15, 0.2) is 0 Å². The number of rotatable bonds is 10. The molecule has 1 aromatic carbocycles. The number of nitrogens with zero attached hydrogens (tertiary/aromatic N) is 3. The van der Waals surface area contributed by atoms with Gasteiger partial charge in [-0.2, -0.15) is 5.26 Å². The number of nitriles is 1. The number of nitrogens with one attached hydrogen (secondary N) is 2. The van der Waals surface area contributed by atoms with Crippen LogP contribution >= 0.6 is 11.3 Å². The number of hydrogen-bond donors (Lipinski definition) is 2. The fourth-order valence-electron chi connectivity index (χ4n) is 4.38. The third-order valence-electron chi connectivity index (χ3n) is 6.15. The zero-order valence-corrected chi connectivity index (χ0v) is 21.9. The van der Waals surface area contributed by atoms with Crippen molar-refractivity contribution in [3.63, 3.8) is 0 Å². The van der Waals surface area contributed by atoms with Crippen LogP contribution in [0.1, 0.15) is 47.0 Å². The molecule has 1 aliphatic rings. The summed E-state index contributed by atoms with van der Waals surface area (Å²) < 4.78 is 13.2. The molecule has 2 amide bonds. The summed E-state index contributed by atoms with van der Waals surface area (Å²) in [6.07, 6.45) is 5.52. The first kappa shape index (κ1) is 26.2. The van der Waals surface area contributed by atoms with Gasteiger partial charge in [0.25, 0.3) is 0 Å². The molecule has 1 aliphatic carbocycles. The number of aryl methyl sites for hydroxylation is 2. The predicted molar refractivity (Wildman–Crippen MR) is 141 cm³/mol. The smallest absolute Gasteiger partial charge is 0.407 e. The topological polar surface area (TPSA) is 118 Å². The summed E-state index contributed by atoms with van der Waals surface area (Å²) in [5.41, 5.74) is 3.36. The van der Waals surface area contributed by atoms with E-state index in [0.29, 0.717) is 55.9 Å². The zero-order valence-electron chi connectivity index (χ0n) is 21.1. The van der Waals surface area contributed by atoms with Crippen molar-refractivity contribution in [3.8, 4) is 11.8 Å². The molecule has 2 heterocycles. The van der Waals surface area contributed by atoms with Gasteiger partial charge in [-0.3, -0.25) is 4.79 Å². The van der Waals surface area contributed by atoms with Crippen LogP contribution in [-0.4, -0.2) is 40.8 Å². The normalized spacial score (nSPS) is 14.4. The van der Waals surface area contributed by atoms with E-state index >= 15 is 0 Å². The zero-order chi connectivity index (χ0) is 26.2. The standard InChI is InChI=1S/C27H31N5O4S/c1-3-35-23-7-5-4-6-19(23)8-11-25(33)31-26-22(15-28)21-10-9-20(14-24(21)37-26)36-27(34)29-12-13-32-16-18(2)30-17-32/h4-7,16-17,20H,3,8-14H2,1-2H3,(H,29,34)(H,31,33). The summed E-state index contributed by atoms with van der Waals surface area (Å²) in [5.74, 6) is 0.635. The largest absolute Gasteiger partial charge is 0.494 e. The Morgan fingerprint density at radius 3 is 2.92 bits per heavy atom. The minimum atomic E-state index is -0.455. The number of para-hydroxylation sites is 1. The molecule has 0 bridgehead atoms. The van der Waals surface area contributed by atoms with Gasteiger partial charge in [-0.15, -0.1) is 11.3 Å². The molecule has 10 heteroatoms. The Morgan fingerprint density at radius 1 is 1.32 bits per heavy atom. The molecule has 0 radical (unpaired) electrons. The second-order valence-electron chi connectivity index (χ2n) is 8.86. The number of hydrogen-bond acceptors (Lipinski definition) is 7. The molecule has 4 rings (SSSR count). The molecule has 9 nitrogen and oxygen atoms in total. The van der Waals surface area contributed by atoms with Gasteiger partial charge in [-0.25, -0.2) is 9.78 Å². The first-order valence-corrected chi connectivity index (χ1v) is 13.3. The third-order valence-corrected chi connectivity index (χ3v) is 7.32. The number of anilines is 1. The van der Waals surface area contributed by atoms with Gasteiger partial charge in [0.2, 0.25) is 5.91 Å². The predicted octanol–water partition coefficient (Wildman–Crippen LogP) is 4.38. The molecular weight excluding hydrogens is 490 g/mol. The fraction of sp³-hybridized carbons (Fsp3) is 0.407. The third kappa shape index (κ3) is 6.89.